The van der Waals surface area contributed by atoms with Gasteiger partial charge in [0.25, 0.3) is 0 Å². The predicted molar refractivity (Wildman–Crippen MR) is 105 cm³/mol. The van der Waals surface area contributed by atoms with Gasteiger partial charge in [-0.1, -0.05) is 38.1 Å². The first-order valence-corrected chi connectivity index (χ1v) is 9.33. The van der Waals surface area contributed by atoms with Crippen LogP contribution in [0, 0.1) is 5.92 Å². The number of hydrogen-bond acceptors (Lipinski definition) is 5. The molecule has 1 aliphatic rings. The molecule has 5 nitrogen and oxygen atoms in total. The van der Waals surface area contributed by atoms with E-state index in [0.717, 1.165) is 16.7 Å². The van der Waals surface area contributed by atoms with Crippen LogP contribution in [0.15, 0.2) is 40.7 Å². The molecule has 0 saturated carbocycles. The quantitative estimate of drug-likeness (QED) is 0.694. The highest BCUT2D eigenvalue weighted by Gasteiger charge is 2.34. The molecule has 0 aliphatic carbocycles. The summed E-state index contributed by atoms with van der Waals surface area (Å²) in [6.07, 6.45) is 0.881. The monoisotopic (exact) mass is 378 g/mol. The van der Waals surface area contributed by atoms with E-state index < -0.39 is 12.9 Å². The SMILES string of the molecule is CC(C)C1=C(OCc2ccc(COCCF)cc2)C=NN(C(C)(C)C)C1O. The molecule has 150 valence electrons. The van der Waals surface area contributed by atoms with Gasteiger partial charge in [0.15, 0.2) is 6.23 Å². The van der Waals surface area contributed by atoms with Crippen molar-refractivity contribution in [3.05, 3.63) is 46.7 Å². The van der Waals surface area contributed by atoms with Crippen LogP contribution in [-0.4, -0.2) is 41.4 Å². The van der Waals surface area contributed by atoms with Gasteiger partial charge in [0.05, 0.1) is 25.0 Å². The summed E-state index contributed by atoms with van der Waals surface area (Å²) in [4.78, 5) is 0. The van der Waals surface area contributed by atoms with Gasteiger partial charge in [-0.3, -0.25) is 5.01 Å². The first-order valence-electron chi connectivity index (χ1n) is 9.33. The van der Waals surface area contributed by atoms with Crippen LogP contribution in [0.25, 0.3) is 0 Å². The zero-order chi connectivity index (χ0) is 20.0. The number of benzene rings is 1. The van der Waals surface area contributed by atoms with Crippen LogP contribution in [0.1, 0.15) is 45.7 Å². The highest BCUT2D eigenvalue weighted by atomic mass is 19.1. The second-order valence-electron chi connectivity index (χ2n) is 7.95. The Morgan fingerprint density at radius 3 is 2.26 bits per heavy atom. The number of aliphatic hydroxyl groups excluding tert-OH is 1. The van der Waals surface area contributed by atoms with Gasteiger partial charge in [0.1, 0.15) is 19.0 Å². The Morgan fingerprint density at radius 1 is 1.15 bits per heavy atom. The van der Waals surface area contributed by atoms with Gasteiger partial charge in [0, 0.05) is 5.57 Å². The third kappa shape index (κ3) is 5.78. The molecule has 1 aliphatic heterocycles. The van der Waals surface area contributed by atoms with Crippen LogP contribution >= 0.6 is 0 Å². The Morgan fingerprint density at radius 2 is 1.74 bits per heavy atom. The number of alkyl halides is 1. The summed E-state index contributed by atoms with van der Waals surface area (Å²) in [6, 6.07) is 7.81. The molecule has 2 rings (SSSR count). The Hall–Kier alpha value is -1.92. The lowest BCUT2D eigenvalue weighted by atomic mass is 9.96. The molecule has 1 heterocycles. The van der Waals surface area contributed by atoms with E-state index in [4.69, 9.17) is 9.47 Å². The highest BCUT2D eigenvalue weighted by Crippen LogP contribution is 2.30. The largest absolute Gasteiger partial charge is 0.487 e. The molecule has 0 bridgehead atoms. The van der Waals surface area contributed by atoms with E-state index in [1.165, 1.54) is 0 Å². The standard InChI is InChI=1S/C21H31FN2O3/c1-15(2)19-18(12-23-24(20(19)25)21(3,4)5)27-14-17-8-6-16(7-9-17)13-26-11-10-22/h6-9,12,15,20,25H,10-11,13-14H2,1-5H3. The zero-order valence-electron chi connectivity index (χ0n) is 16.9. The summed E-state index contributed by atoms with van der Waals surface area (Å²) in [7, 11) is 0. The van der Waals surface area contributed by atoms with Crippen molar-refractivity contribution in [3.8, 4) is 0 Å². The van der Waals surface area contributed by atoms with Gasteiger partial charge in [0.2, 0.25) is 0 Å². The number of nitrogens with zero attached hydrogens (tertiary/aromatic N) is 2. The maximum Gasteiger partial charge on any atom is 0.169 e. The van der Waals surface area contributed by atoms with Crippen molar-refractivity contribution in [1.82, 2.24) is 5.01 Å². The minimum Gasteiger partial charge on any atom is -0.487 e. The molecular weight excluding hydrogens is 347 g/mol. The second kappa shape index (κ2) is 9.33. The maximum atomic E-state index is 12.1. The van der Waals surface area contributed by atoms with Crippen molar-refractivity contribution >= 4 is 6.21 Å². The van der Waals surface area contributed by atoms with Crippen molar-refractivity contribution in [2.75, 3.05) is 13.3 Å². The average Bonchev–Trinajstić information content (AvgIpc) is 2.59. The van der Waals surface area contributed by atoms with Gasteiger partial charge in [-0.15, -0.1) is 0 Å². The molecule has 1 aromatic rings. The van der Waals surface area contributed by atoms with E-state index in [2.05, 4.69) is 5.10 Å². The second-order valence-corrected chi connectivity index (χ2v) is 7.95. The van der Waals surface area contributed by atoms with Crippen LogP contribution in [-0.2, 0) is 22.7 Å². The van der Waals surface area contributed by atoms with E-state index in [1.54, 1.807) is 11.2 Å². The van der Waals surface area contributed by atoms with Crippen molar-refractivity contribution in [2.45, 2.75) is 59.6 Å². The summed E-state index contributed by atoms with van der Waals surface area (Å²) < 4.78 is 23.2. The van der Waals surface area contributed by atoms with E-state index in [0.29, 0.717) is 19.0 Å². The number of hydrazone groups is 1. The van der Waals surface area contributed by atoms with E-state index in [-0.39, 0.29) is 18.1 Å². The van der Waals surface area contributed by atoms with Crippen molar-refractivity contribution in [3.63, 3.8) is 0 Å². The van der Waals surface area contributed by atoms with Gasteiger partial charge >= 0.3 is 0 Å². The summed E-state index contributed by atoms with van der Waals surface area (Å²) in [6.45, 7) is 10.5. The first-order chi connectivity index (χ1) is 12.7. The molecule has 6 heteroatoms. The Labute approximate surface area is 161 Å². The Kier molecular flexibility index (Phi) is 7.39. The van der Waals surface area contributed by atoms with Gasteiger partial charge in [-0.25, -0.2) is 4.39 Å². The summed E-state index contributed by atoms with van der Waals surface area (Å²) in [5.41, 5.74) is 2.53. The smallest absolute Gasteiger partial charge is 0.169 e. The molecule has 0 aromatic heterocycles. The molecule has 1 unspecified atom stereocenters. The third-order valence-corrected chi connectivity index (χ3v) is 4.31. The minimum absolute atomic E-state index is 0.115. The normalized spacial score (nSPS) is 17.8. The zero-order valence-corrected chi connectivity index (χ0v) is 16.9. The number of aliphatic hydroxyl groups is 1. The van der Waals surface area contributed by atoms with Crippen LogP contribution in [0.3, 0.4) is 0 Å². The van der Waals surface area contributed by atoms with Crippen molar-refractivity contribution in [2.24, 2.45) is 11.0 Å². The Bertz CT molecular complexity index is 663. The Balaban J connectivity index is 2.05. The lowest BCUT2D eigenvalue weighted by molar-refractivity contribution is -0.0365. The molecule has 1 atom stereocenters. The molecule has 1 aromatic carbocycles. The number of halogens is 1. The van der Waals surface area contributed by atoms with E-state index in [1.807, 2.05) is 58.9 Å². The number of allylic oxidation sites excluding steroid dienone is 1. The highest BCUT2D eigenvalue weighted by molar-refractivity contribution is 5.78. The minimum atomic E-state index is -0.806. The average molecular weight is 378 g/mol. The fraction of sp³-hybridized carbons (Fsp3) is 0.571. The van der Waals surface area contributed by atoms with Crippen LogP contribution in [0.4, 0.5) is 4.39 Å². The van der Waals surface area contributed by atoms with Crippen LogP contribution in [0.5, 0.6) is 0 Å². The fourth-order valence-corrected chi connectivity index (χ4v) is 2.89. The lowest BCUT2D eigenvalue weighted by Gasteiger charge is -2.40. The summed E-state index contributed by atoms with van der Waals surface area (Å²) >= 11 is 0. The maximum absolute atomic E-state index is 12.1. The summed E-state index contributed by atoms with van der Waals surface area (Å²) in [5.74, 6) is 0.745. The molecule has 0 saturated heterocycles. The van der Waals surface area contributed by atoms with Gasteiger partial charge in [-0.05, 0) is 37.8 Å². The molecule has 1 N–H and O–H groups in total. The molecule has 0 radical (unpaired) electrons. The van der Waals surface area contributed by atoms with Gasteiger partial charge in [-0.2, -0.15) is 5.10 Å². The molecule has 27 heavy (non-hydrogen) atoms. The molecular formula is C21H31FN2O3. The van der Waals surface area contributed by atoms with Gasteiger partial charge < -0.3 is 14.6 Å². The number of ether oxygens (including phenoxy) is 2. The van der Waals surface area contributed by atoms with Crippen LogP contribution in [0.2, 0.25) is 0 Å². The topological polar surface area (TPSA) is 54.3 Å². The fourth-order valence-electron chi connectivity index (χ4n) is 2.89. The molecule has 0 amide bonds. The third-order valence-electron chi connectivity index (χ3n) is 4.31. The predicted octanol–water partition coefficient (Wildman–Crippen LogP) is 4.02. The number of rotatable bonds is 8. The molecule has 0 spiro atoms. The summed E-state index contributed by atoms with van der Waals surface area (Å²) in [5, 5.41) is 16.9. The van der Waals surface area contributed by atoms with Crippen LogP contribution < -0.4 is 0 Å². The number of hydrogen-bond donors (Lipinski definition) is 1. The van der Waals surface area contributed by atoms with Crippen molar-refractivity contribution in [1.29, 1.82) is 0 Å². The molecule has 0 fully saturated rings. The van der Waals surface area contributed by atoms with E-state index >= 15 is 0 Å². The first kappa shape index (κ1) is 21.4. The van der Waals surface area contributed by atoms with Crippen molar-refractivity contribution < 1.29 is 19.0 Å². The lowest BCUT2D eigenvalue weighted by Crippen LogP contribution is -2.48. The van der Waals surface area contributed by atoms with E-state index in [9.17, 15) is 9.50 Å².